The summed E-state index contributed by atoms with van der Waals surface area (Å²) >= 11 is 0. The molecule has 1 aliphatic rings. The molecule has 0 amide bonds. The maximum Gasteiger partial charge on any atom is 0.417 e. The van der Waals surface area contributed by atoms with Crippen molar-refractivity contribution < 1.29 is 23.4 Å². The topological polar surface area (TPSA) is 98.7 Å². The summed E-state index contributed by atoms with van der Waals surface area (Å²) < 4.78 is 43.3. The summed E-state index contributed by atoms with van der Waals surface area (Å²) in [5.74, 6) is -0.166. The van der Waals surface area contributed by atoms with Crippen LogP contribution in [0, 0.1) is 0 Å². The molecule has 41 heavy (non-hydrogen) atoms. The van der Waals surface area contributed by atoms with Crippen LogP contribution in [0.15, 0.2) is 66.9 Å². The highest BCUT2D eigenvalue weighted by atomic mass is 19.4. The van der Waals surface area contributed by atoms with E-state index >= 15 is 0 Å². The minimum absolute atomic E-state index is 0.0863. The molecule has 1 atom stereocenters. The van der Waals surface area contributed by atoms with Crippen LogP contribution in [0.3, 0.4) is 0 Å². The molecule has 0 spiro atoms. The molecule has 1 unspecified atom stereocenters. The Bertz CT molecular complexity index is 1360. The number of hydrogen-bond donors (Lipinski definition) is 3. The molecule has 10 heteroatoms. The lowest BCUT2D eigenvalue weighted by atomic mass is 9.72. The van der Waals surface area contributed by atoms with E-state index in [9.17, 15) is 23.4 Å². The van der Waals surface area contributed by atoms with Gasteiger partial charge in [0.25, 0.3) is 0 Å². The number of aromatic hydroxyl groups is 1. The van der Waals surface area contributed by atoms with Gasteiger partial charge in [0.2, 0.25) is 0 Å². The molecule has 4 N–H and O–H groups in total. The lowest BCUT2D eigenvalue weighted by molar-refractivity contribution is -0.266. The van der Waals surface area contributed by atoms with Crippen LogP contribution in [0.4, 0.5) is 13.2 Å². The van der Waals surface area contributed by atoms with E-state index in [-0.39, 0.29) is 17.0 Å². The van der Waals surface area contributed by atoms with Gasteiger partial charge in [-0.1, -0.05) is 44.2 Å². The molecule has 3 aromatic rings. The normalized spacial score (nSPS) is 17.4. The van der Waals surface area contributed by atoms with E-state index in [1.807, 2.05) is 18.2 Å². The number of hydrogen-bond acceptors (Lipinski definition) is 7. The first-order valence-corrected chi connectivity index (χ1v) is 13.6. The third kappa shape index (κ3) is 7.63. The van der Waals surface area contributed by atoms with Gasteiger partial charge >= 0.3 is 6.18 Å². The number of phenols is 1. The number of halogens is 3. The number of rotatable bonds is 9. The number of aliphatic hydroxyl groups is 1. The van der Waals surface area contributed by atoms with Crippen molar-refractivity contribution in [2.24, 2.45) is 5.73 Å². The summed E-state index contributed by atoms with van der Waals surface area (Å²) in [6, 6.07) is 12.2. The summed E-state index contributed by atoms with van der Waals surface area (Å²) in [5.41, 5.74) is 4.92. The van der Waals surface area contributed by atoms with Gasteiger partial charge < -0.3 is 20.8 Å². The highest BCUT2D eigenvalue weighted by Gasteiger charge is 2.56. The van der Waals surface area contributed by atoms with Gasteiger partial charge in [-0.2, -0.15) is 13.2 Å². The predicted molar refractivity (Wildman–Crippen MR) is 154 cm³/mol. The van der Waals surface area contributed by atoms with Crippen LogP contribution in [0.5, 0.6) is 5.75 Å². The van der Waals surface area contributed by atoms with E-state index in [1.54, 1.807) is 44.4 Å². The second-order valence-corrected chi connectivity index (χ2v) is 11.7. The number of phenolic OH excluding ortho intramolecular Hbond substituents is 1. The van der Waals surface area contributed by atoms with Crippen molar-refractivity contribution in [2.45, 2.75) is 50.4 Å². The first-order chi connectivity index (χ1) is 19.3. The second-order valence-electron chi connectivity index (χ2n) is 11.7. The van der Waals surface area contributed by atoms with Crippen molar-refractivity contribution in [3.63, 3.8) is 0 Å². The summed E-state index contributed by atoms with van der Waals surface area (Å²) in [7, 11) is 2.09. The quantitative estimate of drug-likeness (QED) is 0.336. The molecule has 1 fully saturated rings. The van der Waals surface area contributed by atoms with E-state index in [0.717, 1.165) is 38.3 Å². The first-order valence-electron chi connectivity index (χ1n) is 13.6. The molecule has 4 rings (SSSR count). The Morgan fingerprint density at radius 1 is 1.00 bits per heavy atom. The van der Waals surface area contributed by atoms with Gasteiger partial charge in [0.1, 0.15) is 12.1 Å². The van der Waals surface area contributed by atoms with Crippen molar-refractivity contribution in [1.29, 1.82) is 0 Å². The predicted octanol–water partition coefficient (Wildman–Crippen LogP) is 4.95. The highest BCUT2D eigenvalue weighted by Crippen LogP contribution is 2.46. The monoisotopic (exact) mass is 569 g/mol. The number of aromatic nitrogens is 2. The Morgan fingerprint density at radius 2 is 1.68 bits per heavy atom. The Kier molecular flexibility index (Phi) is 9.06. The van der Waals surface area contributed by atoms with Crippen molar-refractivity contribution in [3.8, 4) is 16.9 Å². The fourth-order valence-corrected chi connectivity index (χ4v) is 5.44. The fourth-order valence-electron chi connectivity index (χ4n) is 5.44. The molecule has 0 bridgehead atoms. The van der Waals surface area contributed by atoms with Gasteiger partial charge in [0.15, 0.2) is 5.60 Å². The minimum Gasteiger partial charge on any atom is -0.508 e. The van der Waals surface area contributed by atoms with Crippen LogP contribution in [0.1, 0.15) is 43.4 Å². The fraction of sp³-hybridized carbons (Fsp3) is 0.419. The zero-order chi connectivity index (χ0) is 29.8. The average molecular weight is 570 g/mol. The van der Waals surface area contributed by atoms with Crippen LogP contribution in [-0.2, 0) is 12.0 Å². The van der Waals surface area contributed by atoms with E-state index in [0.29, 0.717) is 16.7 Å². The standard InChI is InChI=1S/C31H38F3N5O2/c1-29(2,27-15-24(7-8-28(27)40)25-17-36-21-37-18-25)20-30(41,31(32,33)34)16-26(35)14-22-5-4-6-23(13-22)19-39-11-9-38(3)10-12-39/h4-8,13-15,17-18,21,40-41H,9-12,16,19-20,35H2,1-3H3/b26-14-. The summed E-state index contributed by atoms with van der Waals surface area (Å²) in [5, 5.41) is 21.7. The number of nitrogens with two attached hydrogens (primary N) is 1. The Balaban J connectivity index is 1.55. The number of piperazine rings is 1. The van der Waals surface area contributed by atoms with Crippen LogP contribution >= 0.6 is 0 Å². The minimum atomic E-state index is -4.97. The van der Waals surface area contributed by atoms with E-state index < -0.39 is 30.0 Å². The van der Waals surface area contributed by atoms with Gasteiger partial charge in [-0.25, -0.2) is 9.97 Å². The van der Waals surface area contributed by atoms with Crippen molar-refractivity contribution in [1.82, 2.24) is 19.8 Å². The van der Waals surface area contributed by atoms with Crippen molar-refractivity contribution >= 4 is 6.08 Å². The van der Waals surface area contributed by atoms with Crippen LogP contribution < -0.4 is 5.73 Å². The van der Waals surface area contributed by atoms with Gasteiger partial charge in [-0.15, -0.1) is 0 Å². The van der Waals surface area contributed by atoms with Crippen LogP contribution in [0.25, 0.3) is 17.2 Å². The highest BCUT2D eigenvalue weighted by molar-refractivity contribution is 5.64. The van der Waals surface area contributed by atoms with Gasteiger partial charge in [0.05, 0.1) is 0 Å². The largest absolute Gasteiger partial charge is 0.508 e. The molecule has 1 aliphatic heterocycles. The third-order valence-electron chi connectivity index (χ3n) is 7.68. The van der Waals surface area contributed by atoms with E-state index in [4.69, 9.17) is 5.73 Å². The average Bonchev–Trinajstić information content (AvgIpc) is 2.90. The SMILES string of the molecule is CN1CCN(Cc2cccc(/C=C(\N)CC(O)(CC(C)(C)c3cc(-c4cncnc4)ccc3O)C(F)(F)F)c2)CC1. The summed E-state index contributed by atoms with van der Waals surface area (Å²) in [6.45, 7) is 7.74. The van der Waals surface area contributed by atoms with Gasteiger partial charge in [-0.05, 0) is 53.8 Å². The number of benzene rings is 2. The maximum atomic E-state index is 14.4. The lowest BCUT2D eigenvalue weighted by Gasteiger charge is -2.38. The zero-order valence-electron chi connectivity index (χ0n) is 23.7. The van der Waals surface area contributed by atoms with E-state index in [1.165, 1.54) is 18.5 Å². The molecule has 1 saturated heterocycles. The smallest absolute Gasteiger partial charge is 0.417 e. The number of alkyl halides is 3. The van der Waals surface area contributed by atoms with E-state index in [2.05, 4.69) is 26.8 Å². The molecular formula is C31H38F3N5O2. The van der Waals surface area contributed by atoms with Crippen molar-refractivity contribution in [2.75, 3.05) is 33.2 Å². The Hall–Kier alpha value is -3.47. The molecule has 2 aromatic carbocycles. The number of likely N-dealkylation sites (N-methyl/N-ethyl adjacent to an activating group) is 1. The molecule has 7 nitrogen and oxygen atoms in total. The Morgan fingerprint density at radius 3 is 2.34 bits per heavy atom. The second kappa shape index (κ2) is 12.2. The molecule has 2 heterocycles. The molecule has 0 aliphatic carbocycles. The van der Waals surface area contributed by atoms with Gasteiger partial charge in [0, 0.05) is 68.4 Å². The molecule has 0 saturated carbocycles. The summed E-state index contributed by atoms with van der Waals surface area (Å²) in [4.78, 5) is 12.6. The lowest BCUT2D eigenvalue weighted by Crippen LogP contribution is -2.50. The van der Waals surface area contributed by atoms with Crippen LogP contribution in [0.2, 0.25) is 0 Å². The van der Waals surface area contributed by atoms with Crippen LogP contribution in [-0.4, -0.2) is 75.0 Å². The van der Waals surface area contributed by atoms with Gasteiger partial charge in [-0.3, -0.25) is 4.90 Å². The molecule has 220 valence electrons. The molecular weight excluding hydrogens is 531 g/mol. The first kappa shape index (κ1) is 30.5. The summed E-state index contributed by atoms with van der Waals surface area (Å²) in [6.07, 6.45) is -0.474. The number of nitrogens with zero attached hydrogens (tertiary/aromatic N) is 4. The molecule has 0 radical (unpaired) electrons. The molecule has 1 aromatic heterocycles. The zero-order valence-corrected chi connectivity index (χ0v) is 23.7. The van der Waals surface area contributed by atoms with Crippen molar-refractivity contribution in [3.05, 3.63) is 83.6 Å². The Labute approximate surface area is 239 Å². The third-order valence-corrected chi connectivity index (χ3v) is 7.68. The maximum absolute atomic E-state index is 14.4.